The van der Waals surface area contributed by atoms with E-state index in [-0.39, 0.29) is 6.61 Å². The topological polar surface area (TPSA) is 52.9 Å². The van der Waals surface area contributed by atoms with Crippen molar-refractivity contribution in [1.29, 1.82) is 0 Å². The zero-order valence-corrected chi connectivity index (χ0v) is 9.70. The smallest absolute Gasteiger partial charge is 0.394 e. The van der Waals surface area contributed by atoms with Crippen LogP contribution < -0.4 is 0 Å². The van der Waals surface area contributed by atoms with E-state index in [1.165, 1.54) is 11.9 Å². The Labute approximate surface area is 98.0 Å². The first-order valence-electron chi connectivity index (χ1n) is 5.46. The molecule has 0 aromatic heterocycles. The lowest BCUT2D eigenvalue weighted by atomic mass is 9.89. The Kier molecular flexibility index (Phi) is 4.77. The molecule has 102 valence electrons. The third-order valence-electron chi connectivity index (χ3n) is 3.35. The number of likely N-dealkylation sites (N-methyl/N-ethyl adjacent to an activating group) is 1. The van der Waals surface area contributed by atoms with Crippen LogP contribution in [0.4, 0.5) is 13.2 Å². The molecule has 1 saturated heterocycles. The van der Waals surface area contributed by atoms with Crippen LogP contribution in [0.25, 0.3) is 0 Å². The number of hydrogen-bond acceptors (Lipinski definition) is 4. The first kappa shape index (κ1) is 14.7. The van der Waals surface area contributed by atoms with E-state index < -0.39 is 24.4 Å². The monoisotopic (exact) mass is 257 g/mol. The molecule has 0 unspecified atom stereocenters. The summed E-state index contributed by atoms with van der Waals surface area (Å²) in [5.41, 5.74) is -0.718. The minimum Gasteiger partial charge on any atom is -0.394 e. The summed E-state index contributed by atoms with van der Waals surface area (Å²) in [7, 11) is 1.48. The number of rotatable bonds is 4. The van der Waals surface area contributed by atoms with Gasteiger partial charge in [-0.15, -0.1) is 0 Å². The Morgan fingerprint density at radius 2 is 1.88 bits per heavy atom. The minimum absolute atomic E-state index is 0.239. The largest absolute Gasteiger partial charge is 0.415 e. The Balaban J connectivity index is 2.63. The van der Waals surface area contributed by atoms with Gasteiger partial charge in [-0.3, -0.25) is 4.90 Å². The first-order valence-corrected chi connectivity index (χ1v) is 5.46. The second-order valence-electron chi connectivity index (χ2n) is 4.43. The summed E-state index contributed by atoms with van der Waals surface area (Å²) in [5, 5.41) is 18.4. The Bertz CT molecular complexity index is 241. The maximum Gasteiger partial charge on any atom is 0.415 e. The van der Waals surface area contributed by atoms with Crippen LogP contribution in [0.2, 0.25) is 0 Å². The summed E-state index contributed by atoms with van der Waals surface area (Å²) < 4.78 is 41.9. The van der Waals surface area contributed by atoms with Crippen LogP contribution >= 0.6 is 0 Å². The number of β-amino-alcohol motifs (C(OH)–C–C–N with tert-alkyl or cyclic N) is 1. The number of aliphatic hydroxyl groups excluding tert-OH is 2. The molecule has 0 aliphatic carbocycles. The van der Waals surface area contributed by atoms with Crippen LogP contribution in [-0.4, -0.2) is 66.3 Å². The molecule has 1 atom stereocenters. The average Bonchev–Trinajstić information content (AvgIpc) is 2.28. The van der Waals surface area contributed by atoms with Crippen molar-refractivity contribution in [2.24, 2.45) is 0 Å². The molecule has 1 rings (SSSR count). The Morgan fingerprint density at radius 3 is 2.29 bits per heavy atom. The second kappa shape index (κ2) is 5.51. The van der Waals surface area contributed by atoms with Gasteiger partial charge in [0, 0.05) is 25.3 Å². The van der Waals surface area contributed by atoms with E-state index in [0.29, 0.717) is 26.1 Å². The fourth-order valence-electron chi connectivity index (χ4n) is 1.97. The van der Waals surface area contributed by atoms with Gasteiger partial charge >= 0.3 is 6.18 Å². The first-order chi connectivity index (χ1) is 7.82. The molecule has 1 aliphatic heterocycles. The van der Waals surface area contributed by atoms with Gasteiger partial charge in [-0.1, -0.05) is 0 Å². The van der Waals surface area contributed by atoms with E-state index in [9.17, 15) is 18.3 Å². The quantitative estimate of drug-likeness (QED) is 0.764. The summed E-state index contributed by atoms with van der Waals surface area (Å²) in [6.45, 7) is 0.0432. The molecule has 0 amide bonds. The standard InChI is InChI=1S/C10H18F3NO3/c1-14(6-8(16)10(11,12)13)9(7-15)2-4-17-5-3-9/h8,15-16H,2-7H2,1H3/t8-/m0/s1. The van der Waals surface area contributed by atoms with E-state index in [1.54, 1.807) is 0 Å². The van der Waals surface area contributed by atoms with Gasteiger partial charge in [-0.2, -0.15) is 13.2 Å². The molecule has 2 N–H and O–H groups in total. The fraction of sp³-hybridized carbons (Fsp3) is 1.00. The lowest BCUT2D eigenvalue weighted by Crippen LogP contribution is -2.56. The van der Waals surface area contributed by atoms with Crippen LogP contribution in [-0.2, 0) is 4.74 Å². The van der Waals surface area contributed by atoms with Crippen LogP contribution in [0.15, 0.2) is 0 Å². The molecule has 1 heterocycles. The third kappa shape index (κ3) is 3.54. The number of hydrogen-bond donors (Lipinski definition) is 2. The summed E-state index contributed by atoms with van der Waals surface area (Å²) in [5.74, 6) is 0. The molecule has 0 aromatic carbocycles. The van der Waals surface area contributed by atoms with E-state index in [1.807, 2.05) is 0 Å². The van der Waals surface area contributed by atoms with E-state index in [2.05, 4.69) is 0 Å². The van der Waals surface area contributed by atoms with Crippen molar-refractivity contribution in [2.45, 2.75) is 30.7 Å². The number of aliphatic hydroxyl groups is 2. The highest BCUT2D eigenvalue weighted by Crippen LogP contribution is 2.28. The van der Waals surface area contributed by atoms with Crippen molar-refractivity contribution >= 4 is 0 Å². The molecule has 0 spiro atoms. The second-order valence-corrected chi connectivity index (χ2v) is 4.43. The van der Waals surface area contributed by atoms with Crippen LogP contribution in [0.3, 0.4) is 0 Å². The van der Waals surface area contributed by atoms with Crippen LogP contribution in [0, 0.1) is 0 Å². The van der Waals surface area contributed by atoms with E-state index in [4.69, 9.17) is 9.84 Å². The van der Waals surface area contributed by atoms with Crippen LogP contribution in [0.1, 0.15) is 12.8 Å². The van der Waals surface area contributed by atoms with Crippen molar-refractivity contribution < 1.29 is 28.1 Å². The molecule has 0 bridgehead atoms. The molecule has 1 aliphatic rings. The molecular formula is C10H18F3NO3. The van der Waals surface area contributed by atoms with Gasteiger partial charge in [0.25, 0.3) is 0 Å². The summed E-state index contributed by atoms with van der Waals surface area (Å²) >= 11 is 0. The van der Waals surface area contributed by atoms with Gasteiger partial charge in [-0.25, -0.2) is 0 Å². The zero-order valence-electron chi connectivity index (χ0n) is 9.70. The van der Waals surface area contributed by atoms with Gasteiger partial charge in [0.15, 0.2) is 6.10 Å². The van der Waals surface area contributed by atoms with Gasteiger partial charge in [0.05, 0.1) is 6.61 Å². The molecule has 1 fully saturated rings. The SMILES string of the molecule is CN(C[C@H](O)C(F)(F)F)C1(CO)CCOCC1. The highest BCUT2D eigenvalue weighted by atomic mass is 19.4. The van der Waals surface area contributed by atoms with E-state index >= 15 is 0 Å². The number of nitrogens with zero attached hydrogens (tertiary/aromatic N) is 1. The van der Waals surface area contributed by atoms with E-state index in [0.717, 1.165) is 0 Å². The molecule has 4 nitrogen and oxygen atoms in total. The number of halogens is 3. The summed E-state index contributed by atoms with van der Waals surface area (Å²) in [4.78, 5) is 1.38. The van der Waals surface area contributed by atoms with Gasteiger partial charge in [0.1, 0.15) is 0 Å². The number of alkyl halides is 3. The number of ether oxygens (including phenoxy) is 1. The average molecular weight is 257 g/mol. The minimum atomic E-state index is -4.63. The lowest BCUT2D eigenvalue weighted by Gasteiger charge is -2.44. The maximum absolute atomic E-state index is 12.2. The fourth-order valence-corrected chi connectivity index (χ4v) is 1.97. The van der Waals surface area contributed by atoms with Crippen LogP contribution in [0.5, 0.6) is 0 Å². The highest BCUT2D eigenvalue weighted by Gasteiger charge is 2.43. The van der Waals surface area contributed by atoms with Gasteiger partial charge < -0.3 is 14.9 Å². The third-order valence-corrected chi connectivity index (χ3v) is 3.35. The summed E-state index contributed by atoms with van der Waals surface area (Å²) in [6, 6.07) is 0. The molecule has 0 aromatic rings. The van der Waals surface area contributed by atoms with Crippen molar-refractivity contribution in [3.63, 3.8) is 0 Å². The highest BCUT2D eigenvalue weighted by molar-refractivity contribution is 4.92. The molecular weight excluding hydrogens is 239 g/mol. The van der Waals surface area contributed by atoms with Gasteiger partial charge in [0.2, 0.25) is 0 Å². The van der Waals surface area contributed by atoms with Crippen molar-refractivity contribution in [1.82, 2.24) is 4.90 Å². The molecule has 7 heteroatoms. The lowest BCUT2D eigenvalue weighted by molar-refractivity contribution is -0.213. The normalized spacial score (nSPS) is 22.8. The molecule has 0 radical (unpaired) electrons. The maximum atomic E-state index is 12.2. The molecule has 0 saturated carbocycles. The van der Waals surface area contributed by atoms with Crippen molar-refractivity contribution in [3.05, 3.63) is 0 Å². The summed E-state index contributed by atoms with van der Waals surface area (Å²) in [6.07, 6.45) is -6.09. The van der Waals surface area contributed by atoms with Gasteiger partial charge in [-0.05, 0) is 19.9 Å². The Morgan fingerprint density at radius 1 is 1.35 bits per heavy atom. The Hall–Kier alpha value is -0.370. The van der Waals surface area contributed by atoms with Crippen molar-refractivity contribution in [2.75, 3.05) is 33.4 Å². The predicted molar refractivity (Wildman–Crippen MR) is 54.6 cm³/mol. The zero-order chi connectivity index (χ0) is 13.1. The molecule has 17 heavy (non-hydrogen) atoms. The van der Waals surface area contributed by atoms with Crippen molar-refractivity contribution in [3.8, 4) is 0 Å². The predicted octanol–water partition coefficient (Wildman–Crippen LogP) is 0.383.